The van der Waals surface area contributed by atoms with Crippen molar-refractivity contribution in [3.63, 3.8) is 0 Å². The van der Waals surface area contributed by atoms with E-state index in [0.29, 0.717) is 6.54 Å². The van der Waals surface area contributed by atoms with Gasteiger partial charge in [-0.2, -0.15) is 0 Å². The van der Waals surface area contributed by atoms with E-state index in [-0.39, 0.29) is 11.5 Å². The molecule has 0 spiro atoms. The summed E-state index contributed by atoms with van der Waals surface area (Å²) in [5, 5.41) is 0. The molecule has 0 aliphatic rings. The van der Waals surface area contributed by atoms with E-state index in [4.69, 9.17) is 5.73 Å². The molecule has 0 aliphatic carbocycles. The third-order valence-corrected chi connectivity index (χ3v) is 3.34. The fourth-order valence-electron chi connectivity index (χ4n) is 2.05. The summed E-state index contributed by atoms with van der Waals surface area (Å²) in [6.45, 7) is 2.72. The van der Waals surface area contributed by atoms with Gasteiger partial charge in [0.05, 0.1) is 5.69 Å². The van der Waals surface area contributed by atoms with Crippen LogP contribution in [0.5, 0.6) is 0 Å². The van der Waals surface area contributed by atoms with Gasteiger partial charge in [0.1, 0.15) is 5.82 Å². The number of nitrogens with two attached hydrogens (primary N) is 1. The summed E-state index contributed by atoms with van der Waals surface area (Å²) < 4.78 is 13.4. The number of halogens is 1. The molecule has 0 unspecified atom stereocenters. The summed E-state index contributed by atoms with van der Waals surface area (Å²) >= 11 is 0. The average molecular weight is 258 g/mol. The van der Waals surface area contributed by atoms with Crippen LogP contribution in [-0.4, -0.2) is 7.05 Å². The lowest BCUT2D eigenvalue weighted by Gasteiger charge is -2.20. The number of anilines is 2. The lowest BCUT2D eigenvalue weighted by atomic mass is 10.1. The number of benzene rings is 2. The molecule has 19 heavy (non-hydrogen) atoms. The van der Waals surface area contributed by atoms with Crippen LogP contribution in [0.3, 0.4) is 0 Å². The first-order valence-corrected chi connectivity index (χ1v) is 6.44. The molecule has 2 nitrogen and oxygen atoms in total. The van der Waals surface area contributed by atoms with Gasteiger partial charge < -0.3 is 10.6 Å². The maximum atomic E-state index is 13.4. The molecule has 0 saturated carbocycles. The summed E-state index contributed by atoms with van der Waals surface area (Å²) in [5.74, 6) is -0.354. The minimum atomic E-state index is -0.354. The largest absolute Gasteiger partial charge is 0.396 e. The third kappa shape index (κ3) is 3.05. The summed E-state index contributed by atoms with van der Waals surface area (Å²) in [4.78, 5) is 2.06. The Morgan fingerprint density at radius 3 is 2.42 bits per heavy atom. The molecule has 0 heterocycles. The Morgan fingerprint density at radius 2 is 1.79 bits per heavy atom. The van der Waals surface area contributed by atoms with E-state index >= 15 is 0 Å². The minimum absolute atomic E-state index is 0.236. The molecule has 3 heteroatoms. The first kappa shape index (κ1) is 13.4. The van der Waals surface area contributed by atoms with Crippen molar-refractivity contribution in [3.8, 4) is 0 Å². The molecule has 0 amide bonds. The second-order valence-electron chi connectivity index (χ2n) is 4.69. The van der Waals surface area contributed by atoms with E-state index in [1.54, 1.807) is 6.07 Å². The van der Waals surface area contributed by atoms with Crippen LogP contribution in [0.25, 0.3) is 0 Å². The molecule has 0 atom stereocenters. The molecule has 0 radical (unpaired) electrons. The van der Waals surface area contributed by atoms with Gasteiger partial charge in [-0.1, -0.05) is 31.2 Å². The van der Waals surface area contributed by atoms with Crippen LogP contribution in [0.1, 0.15) is 18.1 Å². The van der Waals surface area contributed by atoms with Crippen molar-refractivity contribution in [2.45, 2.75) is 19.9 Å². The molecule has 0 fully saturated rings. The fraction of sp³-hybridized carbons (Fsp3) is 0.250. The second kappa shape index (κ2) is 5.74. The van der Waals surface area contributed by atoms with E-state index in [0.717, 1.165) is 17.7 Å². The van der Waals surface area contributed by atoms with Gasteiger partial charge in [-0.15, -0.1) is 0 Å². The SMILES string of the molecule is CCc1ccc(N(C)Cc2cccc(F)c2N)cc1. The highest BCUT2D eigenvalue weighted by atomic mass is 19.1. The number of para-hydroxylation sites is 1. The van der Waals surface area contributed by atoms with E-state index < -0.39 is 0 Å². The molecule has 2 aromatic carbocycles. The molecule has 100 valence electrons. The highest BCUT2D eigenvalue weighted by molar-refractivity contribution is 5.52. The summed E-state index contributed by atoms with van der Waals surface area (Å²) in [6, 6.07) is 13.3. The molecule has 2 N–H and O–H groups in total. The third-order valence-electron chi connectivity index (χ3n) is 3.34. The smallest absolute Gasteiger partial charge is 0.146 e. The first-order valence-electron chi connectivity index (χ1n) is 6.44. The summed E-state index contributed by atoms with van der Waals surface area (Å²) in [5.41, 5.74) is 9.20. The van der Waals surface area contributed by atoms with Crippen molar-refractivity contribution in [1.82, 2.24) is 0 Å². The maximum Gasteiger partial charge on any atom is 0.146 e. The van der Waals surface area contributed by atoms with Crippen LogP contribution in [0.15, 0.2) is 42.5 Å². The molecule has 0 aromatic heterocycles. The van der Waals surface area contributed by atoms with Crippen LogP contribution >= 0.6 is 0 Å². The lowest BCUT2D eigenvalue weighted by molar-refractivity contribution is 0.630. The summed E-state index contributed by atoms with van der Waals surface area (Å²) in [6.07, 6.45) is 1.03. The molecular weight excluding hydrogens is 239 g/mol. The van der Waals surface area contributed by atoms with E-state index in [9.17, 15) is 4.39 Å². The van der Waals surface area contributed by atoms with Crippen LogP contribution in [0.2, 0.25) is 0 Å². The van der Waals surface area contributed by atoms with Crippen LogP contribution < -0.4 is 10.6 Å². The van der Waals surface area contributed by atoms with Gasteiger partial charge in [-0.25, -0.2) is 4.39 Å². The highest BCUT2D eigenvalue weighted by Gasteiger charge is 2.07. The number of hydrogen-bond acceptors (Lipinski definition) is 2. The fourth-order valence-corrected chi connectivity index (χ4v) is 2.05. The Labute approximate surface area is 113 Å². The zero-order valence-electron chi connectivity index (χ0n) is 11.4. The molecule has 2 rings (SSSR count). The quantitative estimate of drug-likeness (QED) is 0.849. The zero-order chi connectivity index (χ0) is 13.8. The predicted octanol–water partition coefficient (Wildman–Crippen LogP) is 3.61. The zero-order valence-corrected chi connectivity index (χ0v) is 11.4. The van der Waals surface area contributed by atoms with Crippen molar-refractivity contribution >= 4 is 11.4 Å². The van der Waals surface area contributed by atoms with Crippen molar-refractivity contribution < 1.29 is 4.39 Å². The Hall–Kier alpha value is -2.03. The molecule has 0 saturated heterocycles. The van der Waals surface area contributed by atoms with Crippen molar-refractivity contribution in [3.05, 3.63) is 59.4 Å². The molecular formula is C16H19FN2. The van der Waals surface area contributed by atoms with Gasteiger partial charge in [0.15, 0.2) is 0 Å². The van der Waals surface area contributed by atoms with E-state index in [1.807, 2.05) is 13.1 Å². The van der Waals surface area contributed by atoms with Gasteiger partial charge in [0.2, 0.25) is 0 Å². The van der Waals surface area contributed by atoms with Gasteiger partial charge in [0, 0.05) is 19.3 Å². The number of hydrogen-bond donors (Lipinski definition) is 1. The number of aryl methyl sites for hydroxylation is 1. The van der Waals surface area contributed by atoms with Gasteiger partial charge in [0.25, 0.3) is 0 Å². The molecule has 2 aromatic rings. The minimum Gasteiger partial charge on any atom is -0.396 e. The lowest BCUT2D eigenvalue weighted by Crippen LogP contribution is -2.17. The normalized spacial score (nSPS) is 10.5. The Morgan fingerprint density at radius 1 is 1.11 bits per heavy atom. The van der Waals surface area contributed by atoms with Gasteiger partial charge in [-0.3, -0.25) is 0 Å². The summed E-state index contributed by atoms with van der Waals surface area (Å²) in [7, 11) is 1.98. The first-order chi connectivity index (χ1) is 9.11. The second-order valence-corrected chi connectivity index (χ2v) is 4.69. The van der Waals surface area contributed by atoms with Crippen molar-refractivity contribution in [1.29, 1.82) is 0 Å². The monoisotopic (exact) mass is 258 g/mol. The Kier molecular flexibility index (Phi) is 4.05. The van der Waals surface area contributed by atoms with Crippen LogP contribution in [-0.2, 0) is 13.0 Å². The van der Waals surface area contributed by atoms with Crippen molar-refractivity contribution in [2.24, 2.45) is 0 Å². The van der Waals surface area contributed by atoms with Crippen molar-refractivity contribution in [2.75, 3.05) is 17.7 Å². The Balaban J connectivity index is 2.15. The van der Waals surface area contributed by atoms with Crippen LogP contribution in [0, 0.1) is 5.82 Å². The highest BCUT2D eigenvalue weighted by Crippen LogP contribution is 2.21. The van der Waals surface area contributed by atoms with Gasteiger partial charge in [-0.05, 0) is 35.7 Å². The topological polar surface area (TPSA) is 29.3 Å². The van der Waals surface area contributed by atoms with E-state index in [1.165, 1.54) is 11.6 Å². The molecule has 0 bridgehead atoms. The number of nitrogen functional groups attached to an aromatic ring is 1. The van der Waals surface area contributed by atoms with Crippen LogP contribution in [0.4, 0.5) is 15.8 Å². The average Bonchev–Trinajstić information content (AvgIpc) is 2.44. The van der Waals surface area contributed by atoms with E-state index in [2.05, 4.69) is 36.1 Å². The molecule has 0 aliphatic heterocycles. The maximum absolute atomic E-state index is 13.4. The number of nitrogens with zero attached hydrogens (tertiary/aromatic N) is 1. The standard InChI is InChI=1S/C16H19FN2/c1-3-12-7-9-14(10-8-12)19(2)11-13-5-4-6-15(17)16(13)18/h4-10H,3,11,18H2,1-2H3. The predicted molar refractivity (Wildman–Crippen MR) is 78.7 cm³/mol. The Bertz CT molecular complexity index is 549. The van der Waals surface area contributed by atoms with Gasteiger partial charge >= 0.3 is 0 Å². The number of rotatable bonds is 4.